The zero-order valence-corrected chi connectivity index (χ0v) is 10.7. The maximum Gasteiger partial charge on any atom is 0.103 e. The van der Waals surface area contributed by atoms with Crippen molar-refractivity contribution in [3.63, 3.8) is 0 Å². The highest BCUT2D eigenvalue weighted by Crippen LogP contribution is 2.25. The third kappa shape index (κ3) is 3.81. The number of nitrogens with two attached hydrogens (primary N) is 1. The van der Waals surface area contributed by atoms with Crippen molar-refractivity contribution < 1.29 is 5.11 Å². The molecule has 0 saturated heterocycles. The van der Waals surface area contributed by atoms with Crippen molar-refractivity contribution in [2.45, 2.75) is 25.4 Å². The lowest BCUT2D eigenvalue weighted by atomic mass is 9.91. The highest BCUT2D eigenvalue weighted by Gasteiger charge is 2.26. The fraction of sp³-hybridized carbons (Fsp3) is 0.538. The minimum atomic E-state index is -0.859. The molecule has 1 unspecified atom stereocenters. The number of hydrogen-bond donors (Lipinski definition) is 2. The fourth-order valence-corrected chi connectivity index (χ4v) is 2.57. The lowest BCUT2D eigenvalue weighted by molar-refractivity contribution is 0.0431. The molecule has 1 rings (SSSR count). The van der Waals surface area contributed by atoms with Gasteiger partial charge in [-0.05, 0) is 29.9 Å². The van der Waals surface area contributed by atoms with E-state index in [0.29, 0.717) is 0 Å². The van der Waals surface area contributed by atoms with Crippen molar-refractivity contribution in [3.8, 4) is 0 Å². The summed E-state index contributed by atoms with van der Waals surface area (Å²) in [4.78, 5) is 0. The molecule has 0 amide bonds. The van der Waals surface area contributed by atoms with Gasteiger partial charge in [-0.25, -0.2) is 0 Å². The van der Waals surface area contributed by atoms with Gasteiger partial charge in [-0.2, -0.15) is 11.8 Å². The van der Waals surface area contributed by atoms with Gasteiger partial charge in [-0.3, -0.25) is 0 Å². The number of benzene rings is 1. The summed E-state index contributed by atoms with van der Waals surface area (Å²) in [6, 6.07) is 9.71. The van der Waals surface area contributed by atoms with Crippen LogP contribution in [-0.2, 0) is 5.60 Å². The van der Waals surface area contributed by atoms with Crippen LogP contribution in [-0.4, -0.2) is 23.2 Å². The first kappa shape index (κ1) is 13.6. The third-order valence-corrected chi connectivity index (χ3v) is 3.85. The number of hydrogen-bond acceptors (Lipinski definition) is 3. The zero-order chi connectivity index (χ0) is 11.9. The van der Waals surface area contributed by atoms with Gasteiger partial charge in [0.1, 0.15) is 5.60 Å². The molecule has 0 aliphatic carbocycles. The van der Waals surface area contributed by atoms with Crippen LogP contribution in [0.15, 0.2) is 30.3 Å². The van der Waals surface area contributed by atoms with Gasteiger partial charge >= 0.3 is 0 Å². The van der Waals surface area contributed by atoms with Crippen LogP contribution in [0.25, 0.3) is 0 Å². The van der Waals surface area contributed by atoms with Gasteiger partial charge < -0.3 is 10.8 Å². The molecule has 1 aromatic carbocycles. The van der Waals surface area contributed by atoms with E-state index < -0.39 is 5.60 Å². The summed E-state index contributed by atoms with van der Waals surface area (Å²) in [5, 5.41) is 10.5. The summed E-state index contributed by atoms with van der Waals surface area (Å²) in [5.41, 5.74) is 5.76. The van der Waals surface area contributed by atoms with Crippen molar-refractivity contribution in [2.75, 3.05) is 18.1 Å². The third-order valence-electron chi connectivity index (χ3n) is 2.66. The Morgan fingerprint density at radius 1 is 1.25 bits per heavy atom. The van der Waals surface area contributed by atoms with Gasteiger partial charge in [-0.15, -0.1) is 0 Å². The molecule has 90 valence electrons. The highest BCUT2D eigenvalue weighted by molar-refractivity contribution is 7.99. The molecule has 0 aliphatic rings. The van der Waals surface area contributed by atoms with E-state index in [1.54, 1.807) is 0 Å². The monoisotopic (exact) mass is 239 g/mol. The van der Waals surface area contributed by atoms with Gasteiger partial charge in [0, 0.05) is 6.54 Å². The normalized spacial score (nSPS) is 14.7. The number of rotatable bonds is 7. The van der Waals surface area contributed by atoms with Crippen LogP contribution in [0.2, 0.25) is 0 Å². The molecule has 0 aliphatic heterocycles. The Hall–Kier alpha value is -0.510. The molecular formula is C13H21NOS. The molecule has 0 heterocycles. The lowest BCUT2D eigenvalue weighted by Gasteiger charge is -2.27. The molecular weight excluding hydrogens is 218 g/mol. The maximum atomic E-state index is 10.5. The average Bonchev–Trinajstić information content (AvgIpc) is 2.35. The van der Waals surface area contributed by atoms with E-state index in [9.17, 15) is 5.11 Å². The second kappa shape index (κ2) is 6.94. The second-order valence-corrected chi connectivity index (χ2v) is 5.19. The standard InChI is InChI=1S/C13H21NOS/c1-2-9-16-10-8-13(15,11-14)12-6-4-3-5-7-12/h3-7,15H,2,8-11,14H2,1H3. The lowest BCUT2D eigenvalue weighted by Crippen LogP contribution is -2.35. The Balaban J connectivity index is 2.56. The van der Waals surface area contributed by atoms with Crippen LogP contribution in [0.3, 0.4) is 0 Å². The first-order valence-electron chi connectivity index (χ1n) is 5.78. The van der Waals surface area contributed by atoms with E-state index in [-0.39, 0.29) is 6.54 Å². The van der Waals surface area contributed by atoms with Gasteiger partial charge in [0.2, 0.25) is 0 Å². The van der Waals surface area contributed by atoms with E-state index >= 15 is 0 Å². The molecule has 0 saturated carbocycles. The van der Waals surface area contributed by atoms with E-state index in [2.05, 4.69) is 6.92 Å². The Labute approximate surface area is 102 Å². The topological polar surface area (TPSA) is 46.2 Å². The SMILES string of the molecule is CCCSCCC(O)(CN)c1ccccc1. The summed E-state index contributed by atoms with van der Waals surface area (Å²) in [6.45, 7) is 2.45. The largest absolute Gasteiger partial charge is 0.384 e. The summed E-state index contributed by atoms with van der Waals surface area (Å²) in [7, 11) is 0. The molecule has 3 heteroatoms. The molecule has 0 fully saturated rings. The van der Waals surface area contributed by atoms with E-state index in [1.807, 2.05) is 42.1 Å². The van der Waals surface area contributed by atoms with Gasteiger partial charge in [0.05, 0.1) is 0 Å². The van der Waals surface area contributed by atoms with Crippen molar-refractivity contribution in [1.82, 2.24) is 0 Å². The Morgan fingerprint density at radius 2 is 1.94 bits per heavy atom. The van der Waals surface area contributed by atoms with Crippen LogP contribution in [0.5, 0.6) is 0 Å². The van der Waals surface area contributed by atoms with Crippen molar-refractivity contribution in [3.05, 3.63) is 35.9 Å². The van der Waals surface area contributed by atoms with Crippen LogP contribution in [0.1, 0.15) is 25.3 Å². The smallest absolute Gasteiger partial charge is 0.103 e. The number of aliphatic hydroxyl groups is 1. The van der Waals surface area contributed by atoms with Crippen LogP contribution < -0.4 is 5.73 Å². The van der Waals surface area contributed by atoms with Gasteiger partial charge in [-0.1, -0.05) is 37.3 Å². The van der Waals surface area contributed by atoms with Crippen molar-refractivity contribution in [2.24, 2.45) is 5.73 Å². The molecule has 0 spiro atoms. The van der Waals surface area contributed by atoms with E-state index in [4.69, 9.17) is 5.73 Å². The molecule has 1 atom stereocenters. The predicted octanol–water partition coefficient (Wildman–Crippen LogP) is 2.37. The first-order chi connectivity index (χ1) is 7.73. The zero-order valence-electron chi connectivity index (χ0n) is 9.86. The number of thioether (sulfide) groups is 1. The van der Waals surface area contributed by atoms with E-state index in [0.717, 1.165) is 23.5 Å². The van der Waals surface area contributed by atoms with Gasteiger partial charge in [0.25, 0.3) is 0 Å². The Morgan fingerprint density at radius 3 is 2.50 bits per heavy atom. The minimum Gasteiger partial charge on any atom is -0.384 e. The van der Waals surface area contributed by atoms with Crippen LogP contribution >= 0.6 is 11.8 Å². The quantitative estimate of drug-likeness (QED) is 0.718. The second-order valence-electron chi connectivity index (χ2n) is 3.96. The minimum absolute atomic E-state index is 0.281. The predicted molar refractivity (Wildman–Crippen MR) is 71.6 cm³/mol. The molecule has 3 N–H and O–H groups in total. The highest BCUT2D eigenvalue weighted by atomic mass is 32.2. The van der Waals surface area contributed by atoms with Gasteiger partial charge in [0.15, 0.2) is 0 Å². The average molecular weight is 239 g/mol. The molecule has 1 aromatic rings. The van der Waals surface area contributed by atoms with Crippen LogP contribution in [0, 0.1) is 0 Å². The maximum absolute atomic E-state index is 10.5. The summed E-state index contributed by atoms with van der Waals surface area (Å²) >= 11 is 1.87. The first-order valence-corrected chi connectivity index (χ1v) is 6.94. The molecule has 16 heavy (non-hydrogen) atoms. The summed E-state index contributed by atoms with van der Waals surface area (Å²) < 4.78 is 0. The van der Waals surface area contributed by atoms with E-state index in [1.165, 1.54) is 6.42 Å². The molecule has 0 aromatic heterocycles. The summed E-state index contributed by atoms with van der Waals surface area (Å²) in [5.74, 6) is 2.10. The van der Waals surface area contributed by atoms with Crippen LogP contribution in [0.4, 0.5) is 0 Å². The van der Waals surface area contributed by atoms with Crippen molar-refractivity contribution in [1.29, 1.82) is 0 Å². The summed E-state index contributed by atoms with van der Waals surface area (Å²) in [6.07, 6.45) is 1.90. The molecule has 2 nitrogen and oxygen atoms in total. The van der Waals surface area contributed by atoms with Crippen molar-refractivity contribution >= 4 is 11.8 Å². The fourth-order valence-electron chi connectivity index (χ4n) is 1.60. The molecule has 0 radical (unpaired) electrons. The Kier molecular flexibility index (Phi) is 5.88. The Bertz CT molecular complexity index is 291. The molecule has 0 bridgehead atoms.